The third-order valence-electron chi connectivity index (χ3n) is 4.82. The van der Waals surface area contributed by atoms with Crippen LogP contribution < -0.4 is 10.5 Å². The quantitative estimate of drug-likeness (QED) is 0.807. The molecule has 0 radical (unpaired) electrons. The minimum atomic E-state index is 0.170. The molecule has 23 heavy (non-hydrogen) atoms. The van der Waals surface area contributed by atoms with E-state index in [2.05, 4.69) is 40.7 Å². The van der Waals surface area contributed by atoms with Crippen LogP contribution in [0.3, 0.4) is 0 Å². The lowest BCUT2D eigenvalue weighted by atomic mass is 10.1. The summed E-state index contributed by atoms with van der Waals surface area (Å²) < 4.78 is 7.54. The molecular formula is C19H21N3O. The first-order valence-corrected chi connectivity index (χ1v) is 8.02. The Labute approximate surface area is 135 Å². The Balaban J connectivity index is 1.71. The molecule has 0 bridgehead atoms. The summed E-state index contributed by atoms with van der Waals surface area (Å²) in [5, 5.41) is 0. The Kier molecular flexibility index (Phi) is 3.34. The molecule has 4 nitrogen and oxygen atoms in total. The van der Waals surface area contributed by atoms with Crippen molar-refractivity contribution in [1.29, 1.82) is 0 Å². The number of methoxy groups -OCH3 is 1. The van der Waals surface area contributed by atoms with E-state index in [-0.39, 0.29) is 6.04 Å². The summed E-state index contributed by atoms with van der Waals surface area (Å²) in [7, 11) is 1.71. The molecule has 2 N–H and O–H groups in total. The first kappa shape index (κ1) is 14.3. The number of hydrogen-bond donors (Lipinski definition) is 1. The number of aromatic nitrogens is 2. The third-order valence-corrected chi connectivity index (χ3v) is 4.82. The van der Waals surface area contributed by atoms with E-state index in [1.807, 2.05) is 12.4 Å². The molecule has 0 spiro atoms. The summed E-state index contributed by atoms with van der Waals surface area (Å²) in [6, 6.07) is 10.9. The molecule has 1 aliphatic rings. The smallest absolute Gasteiger partial charge is 0.121 e. The monoisotopic (exact) mass is 307 g/mol. The molecule has 2 aromatic carbocycles. The molecule has 1 atom stereocenters. The van der Waals surface area contributed by atoms with E-state index >= 15 is 0 Å². The third kappa shape index (κ3) is 2.39. The predicted molar refractivity (Wildman–Crippen MR) is 91.8 cm³/mol. The number of rotatable bonds is 3. The molecule has 0 unspecified atom stereocenters. The molecular weight excluding hydrogens is 286 g/mol. The summed E-state index contributed by atoms with van der Waals surface area (Å²) in [5.74, 6) is 0.927. The van der Waals surface area contributed by atoms with Crippen molar-refractivity contribution in [3.05, 3.63) is 58.9 Å². The van der Waals surface area contributed by atoms with Crippen molar-refractivity contribution in [3.8, 4) is 5.75 Å². The average Bonchev–Trinajstić information content (AvgIpc) is 3.10. The second kappa shape index (κ2) is 5.39. The first-order valence-electron chi connectivity index (χ1n) is 8.02. The van der Waals surface area contributed by atoms with E-state index in [4.69, 9.17) is 10.5 Å². The molecule has 1 aliphatic carbocycles. The van der Waals surface area contributed by atoms with Gasteiger partial charge in [0.25, 0.3) is 0 Å². The molecule has 3 aromatic rings. The van der Waals surface area contributed by atoms with Gasteiger partial charge in [0, 0.05) is 12.6 Å². The van der Waals surface area contributed by atoms with Gasteiger partial charge in [-0.2, -0.15) is 0 Å². The molecule has 0 aliphatic heterocycles. The summed E-state index contributed by atoms with van der Waals surface area (Å²) in [6.07, 6.45) is 4.03. The van der Waals surface area contributed by atoms with Crippen LogP contribution >= 0.6 is 0 Å². The molecule has 0 saturated heterocycles. The van der Waals surface area contributed by atoms with Gasteiger partial charge in [0.15, 0.2) is 0 Å². The molecule has 1 heterocycles. The van der Waals surface area contributed by atoms with Crippen molar-refractivity contribution in [1.82, 2.24) is 9.55 Å². The topological polar surface area (TPSA) is 53.1 Å². The zero-order chi connectivity index (χ0) is 16.0. The van der Waals surface area contributed by atoms with Crippen LogP contribution in [-0.4, -0.2) is 16.7 Å². The SMILES string of the molecule is COc1ccc(Cn2cnc3cc4c(cc32)CC[C@@H]4N)cc1C. The number of benzene rings is 2. The summed E-state index contributed by atoms with van der Waals surface area (Å²) in [5.41, 5.74) is 13.4. The van der Waals surface area contributed by atoms with Crippen molar-refractivity contribution in [2.24, 2.45) is 5.73 Å². The van der Waals surface area contributed by atoms with Crippen molar-refractivity contribution >= 4 is 11.0 Å². The van der Waals surface area contributed by atoms with Gasteiger partial charge < -0.3 is 15.0 Å². The fourth-order valence-electron chi connectivity index (χ4n) is 3.55. The summed E-state index contributed by atoms with van der Waals surface area (Å²) in [4.78, 5) is 4.57. The highest BCUT2D eigenvalue weighted by molar-refractivity contribution is 5.78. The lowest BCUT2D eigenvalue weighted by molar-refractivity contribution is 0.411. The van der Waals surface area contributed by atoms with Crippen LogP contribution in [0, 0.1) is 6.92 Å². The van der Waals surface area contributed by atoms with Gasteiger partial charge in [-0.15, -0.1) is 0 Å². The predicted octanol–water partition coefficient (Wildman–Crippen LogP) is 3.35. The molecule has 0 saturated carbocycles. The first-order chi connectivity index (χ1) is 11.2. The highest BCUT2D eigenvalue weighted by Crippen LogP contribution is 2.32. The van der Waals surface area contributed by atoms with E-state index in [1.165, 1.54) is 22.2 Å². The fourth-order valence-corrected chi connectivity index (χ4v) is 3.55. The van der Waals surface area contributed by atoms with E-state index in [1.54, 1.807) is 7.11 Å². The fraction of sp³-hybridized carbons (Fsp3) is 0.316. The standard InChI is InChI=1S/C19H21N3O/c1-12-7-13(3-6-19(12)23-2)10-22-11-21-17-9-15-14(8-18(17)22)4-5-16(15)20/h3,6-9,11,16H,4-5,10,20H2,1-2H3/t16-/m0/s1. The number of fused-ring (bicyclic) bond motifs is 2. The minimum absolute atomic E-state index is 0.170. The van der Waals surface area contributed by atoms with Crippen molar-refractivity contribution in [2.45, 2.75) is 32.4 Å². The lowest BCUT2D eigenvalue weighted by Gasteiger charge is -2.10. The normalized spacial score (nSPS) is 16.7. The molecule has 4 rings (SSSR count). The van der Waals surface area contributed by atoms with Gasteiger partial charge >= 0.3 is 0 Å². The molecule has 1 aromatic heterocycles. The van der Waals surface area contributed by atoms with Gasteiger partial charge in [-0.3, -0.25) is 0 Å². The van der Waals surface area contributed by atoms with Crippen LogP contribution in [0.25, 0.3) is 11.0 Å². The van der Waals surface area contributed by atoms with Crippen molar-refractivity contribution in [2.75, 3.05) is 7.11 Å². The number of imidazole rings is 1. The molecule has 0 amide bonds. The maximum Gasteiger partial charge on any atom is 0.121 e. The van der Waals surface area contributed by atoms with E-state index < -0.39 is 0 Å². The molecule has 118 valence electrons. The van der Waals surface area contributed by atoms with Gasteiger partial charge in [0.2, 0.25) is 0 Å². The summed E-state index contributed by atoms with van der Waals surface area (Å²) in [6.45, 7) is 2.88. The Morgan fingerprint density at radius 2 is 2.17 bits per heavy atom. The van der Waals surface area contributed by atoms with Gasteiger partial charge in [-0.05, 0) is 60.2 Å². The second-order valence-corrected chi connectivity index (χ2v) is 6.36. The van der Waals surface area contributed by atoms with Crippen LogP contribution in [0.5, 0.6) is 5.75 Å². The Morgan fingerprint density at radius 3 is 2.96 bits per heavy atom. The minimum Gasteiger partial charge on any atom is -0.496 e. The van der Waals surface area contributed by atoms with Crippen LogP contribution in [0.15, 0.2) is 36.7 Å². The zero-order valence-corrected chi connectivity index (χ0v) is 13.5. The Morgan fingerprint density at radius 1 is 1.30 bits per heavy atom. The largest absolute Gasteiger partial charge is 0.496 e. The number of nitrogens with zero attached hydrogens (tertiary/aromatic N) is 2. The van der Waals surface area contributed by atoms with Gasteiger partial charge in [-0.25, -0.2) is 4.98 Å². The van der Waals surface area contributed by atoms with Crippen molar-refractivity contribution in [3.63, 3.8) is 0 Å². The lowest BCUT2D eigenvalue weighted by Crippen LogP contribution is -2.05. The van der Waals surface area contributed by atoms with Crippen LogP contribution in [0.1, 0.15) is 34.7 Å². The Bertz CT molecular complexity index is 882. The van der Waals surface area contributed by atoms with E-state index in [0.717, 1.165) is 36.2 Å². The number of aryl methyl sites for hydroxylation is 2. The molecule has 4 heteroatoms. The van der Waals surface area contributed by atoms with Gasteiger partial charge in [0.05, 0.1) is 24.5 Å². The van der Waals surface area contributed by atoms with E-state index in [9.17, 15) is 0 Å². The van der Waals surface area contributed by atoms with Crippen LogP contribution in [-0.2, 0) is 13.0 Å². The second-order valence-electron chi connectivity index (χ2n) is 6.36. The van der Waals surface area contributed by atoms with Gasteiger partial charge in [-0.1, -0.05) is 12.1 Å². The Hall–Kier alpha value is -2.33. The van der Waals surface area contributed by atoms with Gasteiger partial charge in [0.1, 0.15) is 5.75 Å². The summed E-state index contributed by atoms with van der Waals surface area (Å²) >= 11 is 0. The maximum absolute atomic E-state index is 6.17. The zero-order valence-electron chi connectivity index (χ0n) is 13.5. The molecule has 0 fully saturated rings. The van der Waals surface area contributed by atoms with Crippen molar-refractivity contribution < 1.29 is 4.74 Å². The number of ether oxygens (including phenoxy) is 1. The van der Waals surface area contributed by atoms with E-state index in [0.29, 0.717) is 0 Å². The van der Waals surface area contributed by atoms with Crippen LogP contribution in [0.2, 0.25) is 0 Å². The maximum atomic E-state index is 6.17. The number of nitrogens with two attached hydrogens (primary N) is 1. The highest BCUT2D eigenvalue weighted by Gasteiger charge is 2.20. The van der Waals surface area contributed by atoms with Crippen LogP contribution in [0.4, 0.5) is 0 Å². The highest BCUT2D eigenvalue weighted by atomic mass is 16.5. The average molecular weight is 307 g/mol. The number of hydrogen-bond acceptors (Lipinski definition) is 3.